The quantitative estimate of drug-likeness (QED) is 0.868. The summed E-state index contributed by atoms with van der Waals surface area (Å²) in [5, 5.41) is 10.1. The molecule has 0 N–H and O–H groups in total. The summed E-state index contributed by atoms with van der Waals surface area (Å²) in [6.07, 6.45) is 8.38. The van der Waals surface area contributed by atoms with Crippen molar-refractivity contribution in [1.82, 2.24) is 10.2 Å². The number of para-hydroxylation sites is 1. The highest BCUT2D eigenvalue weighted by molar-refractivity contribution is 5.86. The van der Waals surface area contributed by atoms with Crippen LogP contribution in [0, 0.1) is 5.92 Å². The monoisotopic (exact) mass is 309 g/mol. The number of carbonyl (C=O) groups excluding carboxylic acids is 1. The van der Waals surface area contributed by atoms with Crippen molar-refractivity contribution in [3.63, 3.8) is 0 Å². The van der Waals surface area contributed by atoms with E-state index in [1.165, 1.54) is 19.3 Å². The summed E-state index contributed by atoms with van der Waals surface area (Å²) < 4.78 is 5.83. The van der Waals surface area contributed by atoms with E-state index in [0.29, 0.717) is 18.2 Å². The molecule has 1 unspecified atom stereocenters. The molecule has 2 aliphatic rings. The Hall–Kier alpha value is -2.30. The van der Waals surface area contributed by atoms with Crippen molar-refractivity contribution in [1.29, 1.82) is 0 Å². The second kappa shape index (κ2) is 6.07. The van der Waals surface area contributed by atoms with Crippen LogP contribution >= 0.6 is 0 Å². The Morgan fingerprint density at radius 3 is 2.78 bits per heavy atom. The minimum Gasteiger partial charge on any atom is -0.425 e. The summed E-state index contributed by atoms with van der Waals surface area (Å²) in [6.45, 7) is 0. The van der Waals surface area contributed by atoms with Crippen molar-refractivity contribution < 1.29 is 9.21 Å². The Labute approximate surface area is 134 Å². The number of fused-ring (bicyclic) bond motifs is 1. The van der Waals surface area contributed by atoms with E-state index in [-0.39, 0.29) is 11.8 Å². The van der Waals surface area contributed by atoms with E-state index in [9.17, 15) is 4.79 Å². The lowest BCUT2D eigenvalue weighted by atomic mass is 9.89. The summed E-state index contributed by atoms with van der Waals surface area (Å²) in [6, 6.07) is 7.66. The number of hydrogen-bond donors (Lipinski definition) is 0. The van der Waals surface area contributed by atoms with Gasteiger partial charge in [-0.05, 0) is 24.1 Å². The molecule has 23 heavy (non-hydrogen) atoms. The number of amides is 1. The molecule has 2 heterocycles. The van der Waals surface area contributed by atoms with E-state index in [1.54, 1.807) is 0 Å². The van der Waals surface area contributed by atoms with Crippen LogP contribution in [0.4, 0.5) is 0 Å². The Balaban J connectivity index is 1.53. The number of nitrogens with zero attached hydrogens (tertiary/aromatic N) is 3. The van der Waals surface area contributed by atoms with Gasteiger partial charge in [-0.25, -0.2) is 4.99 Å². The van der Waals surface area contributed by atoms with E-state index in [4.69, 9.17) is 4.42 Å². The molecule has 0 radical (unpaired) electrons. The Kier molecular flexibility index (Phi) is 3.77. The van der Waals surface area contributed by atoms with E-state index < -0.39 is 0 Å². The third kappa shape index (κ3) is 2.96. The number of rotatable bonds is 3. The van der Waals surface area contributed by atoms with Gasteiger partial charge in [-0.15, -0.1) is 10.2 Å². The fourth-order valence-electron chi connectivity index (χ4n) is 3.42. The molecule has 4 rings (SSSR count). The standard InChI is InChI=1S/C18H19N3O2/c22-17-14(10-13-8-4-5-9-15(13)19-17)11-16-20-21-18(23-16)12-6-2-1-3-7-12/h4-5,8-10,12,14H,1-3,6-7,11H2. The molecule has 118 valence electrons. The molecule has 1 aliphatic carbocycles. The van der Waals surface area contributed by atoms with Crippen LogP contribution < -0.4 is 10.6 Å². The summed E-state index contributed by atoms with van der Waals surface area (Å²) in [7, 11) is 0. The van der Waals surface area contributed by atoms with Gasteiger partial charge in [0, 0.05) is 12.3 Å². The highest BCUT2D eigenvalue weighted by Crippen LogP contribution is 2.31. The summed E-state index contributed by atoms with van der Waals surface area (Å²) >= 11 is 0. The maximum atomic E-state index is 12.2. The predicted octanol–water partition coefficient (Wildman–Crippen LogP) is 1.92. The smallest absolute Gasteiger partial charge is 0.253 e. The van der Waals surface area contributed by atoms with E-state index in [1.807, 2.05) is 30.3 Å². The van der Waals surface area contributed by atoms with Gasteiger partial charge in [0.05, 0.1) is 11.3 Å². The van der Waals surface area contributed by atoms with Crippen LogP contribution in [0.1, 0.15) is 49.8 Å². The van der Waals surface area contributed by atoms with Crippen LogP contribution in [-0.4, -0.2) is 16.1 Å². The third-order valence-corrected chi connectivity index (χ3v) is 4.70. The first kappa shape index (κ1) is 14.3. The fourth-order valence-corrected chi connectivity index (χ4v) is 3.42. The van der Waals surface area contributed by atoms with Crippen molar-refractivity contribution in [2.45, 2.75) is 44.4 Å². The topological polar surface area (TPSA) is 68.3 Å². The van der Waals surface area contributed by atoms with Crippen molar-refractivity contribution in [3.8, 4) is 0 Å². The van der Waals surface area contributed by atoms with Gasteiger partial charge >= 0.3 is 0 Å². The minimum absolute atomic E-state index is 0.138. The van der Waals surface area contributed by atoms with Crippen molar-refractivity contribution in [2.24, 2.45) is 10.9 Å². The molecule has 1 atom stereocenters. The lowest BCUT2D eigenvalue weighted by Gasteiger charge is -2.17. The molecular weight excluding hydrogens is 290 g/mol. The predicted molar refractivity (Wildman–Crippen MR) is 84.0 cm³/mol. The molecule has 0 spiro atoms. The maximum Gasteiger partial charge on any atom is 0.253 e. The van der Waals surface area contributed by atoms with Gasteiger partial charge < -0.3 is 4.42 Å². The Morgan fingerprint density at radius 1 is 1.09 bits per heavy atom. The second-order valence-corrected chi connectivity index (χ2v) is 6.36. The average Bonchev–Trinajstić information content (AvgIpc) is 3.05. The van der Waals surface area contributed by atoms with Gasteiger partial charge in [0.1, 0.15) is 0 Å². The molecule has 0 saturated heterocycles. The molecule has 0 bridgehead atoms. The van der Waals surface area contributed by atoms with Crippen LogP contribution in [-0.2, 0) is 11.2 Å². The zero-order valence-electron chi connectivity index (χ0n) is 12.9. The summed E-state index contributed by atoms with van der Waals surface area (Å²) in [5.41, 5.74) is 0. The fraction of sp³-hybridized carbons (Fsp3) is 0.444. The highest BCUT2D eigenvalue weighted by atomic mass is 16.4. The first-order valence-corrected chi connectivity index (χ1v) is 8.31. The van der Waals surface area contributed by atoms with Gasteiger partial charge in [-0.2, -0.15) is 0 Å². The van der Waals surface area contributed by atoms with Crippen LogP contribution in [0.3, 0.4) is 0 Å². The zero-order chi connectivity index (χ0) is 15.6. The lowest BCUT2D eigenvalue weighted by Crippen LogP contribution is -2.34. The normalized spacial score (nSPS) is 21.4. The van der Waals surface area contributed by atoms with Crippen LogP contribution in [0.15, 0.2) is 33.7 Å². The maximum absolute atomic E-state index is 12.2. The first-order valence-electron chi connectivity index (χ1n) is 8.31. The second-order valence-electron chi connectivity index (χ2n) is 6.36. The zero-order valence-corrected chi connectivity index (χ0v) is 12.9. The van der Waals surface area contributed by atoms with Crippen molar-refractivity contribution in [3.05, 3.63) is 46.6 Å². The number of hydrogen-bond acceptors (Lipinski definition) is 4. The molecule has 5 nitrogen and oxygen atoms in total. The van der Waals surface area contributed by atoms with E-state index in [2.05, 4.69) is 15.2 Å². The van der Waals surface area contributed by atoms with Gasteiger partial charge in [-0.1, -0.05) is 43.5 Å². The number of benzene rings is 1. The Morgan fingerprint density at radius 2 is 1.91 bits per heavy atom. The lowest BCUT2D eigenvalue weighted by molar-refractivity contribution is -0.120. The van der Waals surface area contributed by atoms with Gasteiger partial charge in [0.2, 0.25) is 11.8 Å². The van der Waals surface area contributed by atoms with Crippen LogP contribution in [0.2, 0.25) is 0 Å². The van der Waals surface area contributed by atoms with Gasteiger partial charge in [0.25, 0.3) is 5.91 Å². The number of carbonyl (C=O) groups is 1. The molecule has 5 heteroatoms. The van der Waals surface area contributed by atoms with E-state index in [0.717, 1.165) is 29.3 Å². The van der Waals surface area contributed by atoms with Crippen molar-refractivity contribution in [2.75, 3.05) is 0 Å². The molecule has 2 aromatic rings. The molecule has 1 fully saturated rings. The van der Waals surface area contributed by atoms with Crippen LogP contribution in [0.5, 0.6) is 0 Å². The average molecular weight is 309 g/mol. The summed E-state index contributed by atoms with van der Waals surface area (Å²) in [5.74, 6) is 1.21. The Bertz CT molecular complexity index is 834. The first-order chi connectivity index (χ1) is 11.3. The molecule has 1 aromatic carbocycles. The molecule has 1 aromatic heterocycles. The molecule has 1 amide bonds. The third-order valence-electron chi connectivity index (χ3n) is 4.70. The van der Waals surface area contributed by atoms with E-state index >= 15 is 0 Å². The van der Waals surface area contributed by atoms with Gasteiger partial charge in [0.15, 0.2) is 0 Å². The largest absolute Gasteiger partial charge is 0.425 e. The van der Waals surface area contributed by atoms with Crippen LogP contribution in [0.25, 0.3) is 6.08 Å². The highest BCUT2D eigenvalue weighted by Gasteiger charge is 2.24. The van der Waals surface area contributed by atoms with Crippen molar-refractivity contribution >= 4 is 12.0 Å². The molecule has 1 saturated carbocycles. The molecular formula is C18H19N3O2. The van der Waals surface area contributed by atoms with Gasteiger partial charge in [-0.3, -0.25) is 4.79 Å². The summed E-state index contributed by atoms with van der Waals surface area (Å²) in [4.78, 5) is 16.3. The molecule has 1 aliphatic heterocycles. The SMILES string of the molecule is O=C1N=c2ccccc2=CC1Cc1nnc(C2CCCCC2)o1. The minimum atomic E-state index is -0.315. The number of aromatic nitrogens is 2.